The maximum atomic E-state index is 15.9. The monoisotopic (exact) mass is 515 g/mol. The van der Waals surface area contributed by atoms with E-state index in [2.05, 4.69) is 0 Å². The summed E-state index contributed by atoms with van der Waals surface area (Å²) in [6.07, 6.45) is 0.209. The minimum Gasteiger partial charge on any atom is -0.508 e. The Hall–Kier alpha value is -3.28. The standard InChI is InChI=1S/C26H30FN3O7/c1-4-30-6-5-11-13(9-30)18(27)12-7-10-8-14-19(29(2)3)22(33)17(25(28)36)24(35)26(14,37)23(34)15(10)21(32)16(12)20(11)31/h10,14,19,31-32,35,37H,4-9H2,1-3H3,(H2,28,36)/t10-,14-,19-,26-/m0/s1. The van der Waals surface area contributed by atoms with Gasteiger partial charge in [0.1, 0.15) is 28.7 Å². The summed E-state index contributed by atoms with van der Waals surface area (Å²) in [5, 5.41) is 44.9. The number of benzene rings is 1. The molecule has 0 unspecified atom stereocenters. The fourth-order valence-electron chi connectivity index (χ4n) is 6.72. The maximum Gasteiger partial charge on any atom is 0.255 e. The third-order valence-corrected chi connectivity index (χ3v) is 8.54. The van der Waals surface area contributed by atoms with Crippen LogP contribution in [0.2, 0.25) is 0 Å². The first-order valence-electron chi connectivity index (χ1n) is 12.3. The molecule has 4 aliphatic rings. The second-order valence-electron chi connectivity index (χ2n) is 10.6. The van der Waals surface area contributed by atoms with Crippen molar-refractivity contribution in [2.75, 3.05) is 27.2 Å². The number of primary amides is 1. The molecule has 4 atom stereocenters. The number of aliphatic hydroxyl groups excluding tert-OH is 2. The minimum atomic E-state index is -2.71. The van der Waals surface area contributed by atoms with E-state index in [0.29, 0.717) is 37.2 Å². The number of Topliss-reactive ketones (excluding diaryl/α,β-unsaturated/α-hetero) is 2. The molecule has 1 amide bonds. The van der Waals surface area contributed by atoms with E-state index < -0.39 is 63.9 Å². The predicted molar refractivity (Wildman–Crippen MR) is 129 cm³/mol. The number of amides is 1. The van der Waals surface area contributed by atoms with Gasteiger partial charge in [0.25, 0.3) is 5.91 Å². The van der Waals surface area contributed by atoms with Gasteiger partial charge in [0.2, 0.25) is 5.78 Å². The van der Waals surface area contributed by atoms with E-state index >= 15 is 4.39 Å². The Balaban J connectivity index is 1.73. The normalized spacial score (nSPS) is 29.7. The van der Waals surface area contributed by atoms with Crippen LogP contribution >= 0.6 is 0 Å². The van der Waals surface area contributed by atoms with Gasteiger partial charge < -0.3 is 26.2 Å². The first-order valence-corrected chi connectivity index (χ1v) is 12.3. The van der Waals surface area contributed by atoms with Crippen LogP contribution in [0, 0.1) is 17.7 Å². The number of hydrogen-bond acceptors (Lipinski definition) is 9. The minimum absolute atomic E-state index is 0.0622. The van der Waals surface area contributed by atoms with Crippen LogP contribution in [0.15, 0.2) is 16.9 Å². The molecule has 1 aliphatic heterocycles. The summed E-state index contributed by atoms with van der Waals surface area (Å²) < 4.78 is 15.9. The second kappa shape index (κ2) is 8.37. The molecule has 0 spiro atoms. The average Bonchev–Trinajstić information content (AvgIpc) is 2.83. The van der Waals surface area contributed by atoms with Crippen LogP contribution in [0.3, 0.4) is 0 Å². The van der Waals surface area contributed by atoms with E-state index in [9.17, 15) is 34.8 Å². The molecule has 0 saturated heterocycles. The van der Waals surface area contributed by atoms with Gasteiger partial charge in [0.05, 0.1) is 11.6 Å². The zero-order valence-electron chi connectivity index (χ0n) is 20.8. The summed E-state index contributed by atoms with van der Waals surface area (Å²) in [6, 6.07) is -1.18. The Morgan fingerprint density at radius 1 is 1.19 bits per heavy atom. The second-order valence-corrected chi connectivity index (χ2v) is 10.6. The van der Waals surface area contributed by atoms with Crippen LogP contribution in [-0.4, -0.2) is 86.5 Å². The van der Waals surface area contributed by atoms with Crippen molar-refractivity contribution in [3.8, 4) is 5.75 Å². The lowest BCUT2D eigenvalue weighted by Gasteiger charge is -2.50. The molecule has 0 aromatic heterocycles. The highest BCUT2D eigenvalue weighted by Crippen LogP contribution is 2.53. The molecule has 6 N–H and O–H groups in total. The first-order chi connectivity index (χ1) is 17.4. The van der Waals surface area contributed by atoms with Gasteiger partial charge in [-0.2, -0.15) is 0 Å². The highest BCUT2D eigenvalue weighted by atomic mass is 19.1. The lowest BCUT2D eigenvalue weighted by molar-refractivity contribution is -0.153. The maximum absolute atomic E-state index is 15.9. The summed E-state index contributed by atoms with van der Waals surface area (Å²) in [6.45, 7) is 3.54. The number of ketones is 2. The van der Waals surface area contributed by atoms with Crippen molar-refractivity contribution < 1.29 is 39.2 Å². The average molecular weight is 516 g/mol. The Morgan fingerprint density at radius 2 is 1.86 bits per heavy atom. The van der Waals surface area contributed by atoms with Crippen molar-refractivity contribution >= 4 is 23.2 Å². The van der Waals surface area contributed by atoms with Crippen LogP contribution in [0.5, 0.6) is 5.75 Å². The van der Waals surface area contributed by atoms with Crippen LogP contribution in [0.4, 0.5) is 4.39 Å². The lowest BCUT2D eigenvalue weighted by Crippen LogP contribution is -2.65. The molecule has 0 radical (unpaired) electrons. The quantitative estimate of drug-likeness (QED) is 0.360. The number of carbonyl (C=O) groups is 3. The van der Waals surface area contributed by atoms with Crippen LogP contribution < -0.4 is 5.73 Å². The van der Waals surface area contributed by atoms with E-state index in [1.807, 2.05) is 11.8 Å². The molecule has 1 heterocycles. The largest absolute Gasteiger partial charge is 0.508 e. The fourth-order valence-corrected chi connectivity index (χ4v) is 6.72. The van der Waals surface area contributed by atoms with Gasteiger partial charge in [-0.15, -0.1) is 0 Å². The molecule has 11 heteroatoms. The van der Waals surface area contributed by atoms with E-state index in [0.717, 1.165) is 0 Å². The van der Waals surface area contributed by atoms with Crippen molar-refractivity contribution in [1.29, 1.82) is 0 Å². The van der Waals surface area contributed by atoms with Gasteiger partial charge in [0, 0.05) is 41.3 Å². The molecule has 5 rings (SSSR count). The smallest absolute Gasteiger partial charge is 0.255 e. The summed E-state index contributed by atoms with van der Waals surface area (Å²) in [5.41, 5.74) is 2.04. The van der Waals surface area contributed by atoms with Crippen LogP contribution in [-0.2, 0) is 33.8 Å². The Morgan fingerprint density at radius 3 is 2.46 bits per heavy atom. The van der Waals surface area contributed by atoms with Crippen molar-refractivity contribution in [1.82, 2.24) is 9.80 Å². The van der Waals surface area contributed by atoms with Crippen molar-refractivity contribution in [2.45, 2.75) is 44.4 Å². The van der Waals surface area contributed by atoms with Gasteiger partial charge >= 0.3 is 0 Å². The third-order valence-electron chi connectivity index (χ3n) is 8.54. The highest BCUT2D eigenvalue weighted by molar-refractivity contribution is 6.24. The van der Waals surface area contributed by atoms with Crippen molar-refractivity contribution in [2.24, 2.45) is 17.6 Å². The van der Waals surface area contributed by atoms with Gasteiger partial charge in [-0.25, -0.2) is 4.39 Å². The number of halogens is 1. The number of rotatable bonds is 3. The summed E-state index contributed by atoms with van der Waals surface area (Å²) in [4.78, 5) is 42.5. The molecule has 37 heavy (non-hydrogen) atoms. The van der Waals surface area contributed by atoms with Crippen molar-refractivity contribution in [3.63, 3.8) is 0 Å². The third kappa shape index (κ3) is 3.23. The molecular weight excluding hydrogens is 485 g/mol. The molecule has 1 fully saturated rings. The number of likely N-dealkylation sites (N-methyl/N-ethyl adjacent to an activating group) is 2. The Bertz CT molecular complexity index is 1330. The molecule has 3 aliphatic carbocycles. The number of hydrogen-bond donors (Lipinski definition) is 5. The van der Waals surface area contributed by atoms with E-state index in [4.69, 9.17) is 5.73 Å². The lowest BCUT2D eigenvalue weighted by atomic mass is 9.57. The first kappa shape index (κ1) is 25.4. The molecule has 1 aromatic carbocycles. The summed E-state index contributed by atoms with van der Waals surface area (Å²) >= 11 is 0. The molecule has 10 nitrogen and oxygen atoms in total. The topological polar surface area (TPSA) is 165 Å². The fraction of sp³-hybridized carbons (Fsp3) is 0.500. The van der Waals surface area contributed by atoms with Gasteiger partial charge in [-0.05, 0) is 45.8 Å². The molecule has 198 valence electrons. The van der Waals surface area contributed by atoms with E-state index in [1.54, 1.807) is 0 Å². The van der Waals surface area contributed by atoms with Crippen LogP contribution in [0.1, 0.15) is 35.6 Å². The summed E-state index contributed by atoms with van der Waals surface area (Å²) in [7, 11) is 3.05. The Kier molecular flexibility index (Phi) is 5.74. The van der Waals surface area contributed by atoms with Gasteiger partial charge in [-0.1, -0.05) is 6.92 Å². The van der Waals surface area contributed by atoms with Gasteiger partial charge in [-0.3, -0.25) is 24.2 Å². The molecule has 1 saturated carbocycles. The summed E-state index contributed by atoms with van der Waals surface area (Å²) in [5.74, 6) is -7.92. The number of aromatic hydroxyl groups is 1. The van der Waals surface area contributed by atoms with Crippen molar-refractivity contribution in [3.05, 3.63) is 45.0 Å². The Labute approximate surface area is 212 Å². The molecule has 1 aromatic rings. The number of nitrogens with two attached hydrogens (primary N) is 1. The number of nitrogens with zero attached hydrogens (tertiary/aromatic N) is 2. The highest BCUT2D eigenvalue weighted by Gasteiger charge is 2.64. The molecular formula is C26H30FN3O7. The predicted octanol–water partition coefficient (Wildman–Crippen LogP) is 0.481. The van der Waals surface area contributed by atoms with Crippen LogP contribution in [0.25, 0.3) is 5.76 Å². The van der Waals surface area contributed by atoms with Gasteiger partial charge in [0.15, 0.2) is 11.4 Å². The number of carbonyl (C=O) groups excluding carboxylic acids is 3. The van der Waals surface area contributed by atoms with E-state index in [1.165, 1.54) is 19.0 Å². The zero-order chi connectivity index (χ0) is 27.1. The molecule has 0 bridgehead atoms. The number of aliphatic hydroxyl groups is 3. The zero-order valence-corrected chi connectivity index (χ0v) is 20.8. The number of fused-ring (bicyclic) bond motifs is 4. The van der Waals surface area contributed by atoms with E-state index in [-0.39, 0.29) is 35.3 Å². The SMILES string of the molecule is CCN1CCc2c(O)c3c(c(F)c2C1)C[C@H]1C[C@H]2[C@H](N(C)C)C(=O)C(C(N)=O)=C(O)[C@@]2(O)C(=O)C1=C3O. The number of phenols is 1. The number of phenolic OH excluding ortho intramolecular Hbond substituents is 1.